The second-order valence-electron chi connectivity index (χ2n) is 6.26. The Hall–Kier alpha value is -2.17. The van der Waals surface area contributed by atoms with Crippen LogP contribution in [0.5, 0.6) is 0 Å². The third-order valence-electron chi connectivity index (χ3n) is 3.85. The molecule has 0 aliphatic heterocycles. The maximum Gasteiger partial charge on any atom is 0.270 e. The van der Waals surface area contributed by atoms with Crippen LogP contribution in [-0.4, -0.2) is 21.8 Å². The molecule has 0 bridgehead atoms. The first-order chi connectivity index (χ1) is 11.1. The molecule has 0 aromatic carbocycles. The van der Waals surface area contributed by atoms with Gasteiger partial charge in [0.1, 0.15) is 11.2 Å². The molecule has 0 aliphatic rings. The van der Waals surface area contributed by atoms with E-state index in [0.717, 1.165) is 18.8 Å². The highest BCUT2D eigenvalue weighted by Crippen LogP contribution is 2.09. The van der Waals surface area contributed by atoms with Crippen molar-refractivity contribution >= 4 is 11.6 Å². The van der Waals surface area contributed by atoms with E-state index in [4.69, 9.17) is 0 Å². The average molecular weight is 315 g/mol. The van der Waals surface area contributed by atoms with Crippen molar-refractivity contribution in [1.82, 2.24) is 14.7 Å². The molecule has 23 heavy (non-hydrogen) atoms. The van der Waals surface area contributed by atoms with Crippen LogP contribution in [0.4, 0.5) is 0 Å². The molecule has 0 unspecified atom stereocenters. The van der Waals surface area contributed by atoms with Crippen molar-refractivity contribution in [3.63, 3.8) is 0 Å². The molecule has 0 saturated carbocycles. The van der Waals surface area contributed by atoms with E-state index in [1.807, 2.05) is 0 Å². The van der Waals surface area contributed by atoms with Gasteiger partial charge in [0.05, 0.1) is 0 Å². The Morgan fingerprint density at radius 3 is 2.78 bits per heavy atom. The Kier molecular flexibility index (Phi) is 6.32. The predicted octanol–water partition coefficient (Wildman–Crippen LogP) is 3.03. The highest BCUT2D eigenvalue weighted by atomic mass is 16.2. The summed E-state index contributed by atoms with van der Waals surface area (Å²) in [5, 5.41) is 2.81. The second kappa shape index (κ2) is 8.46. The fraction of sp³-hybridized carbons (Fsp3) is 0.500. The molecule has 1 amide bonds. The van der Waals surface area contributed by atoms with Gasteiger partial charge < -0.3 is 5.32 Å². The van der Waals surface area contributed by atoms with Crippen molar-refractivity contribution in [3.05, 3.63) is 46.5 Å². The van der Waals surface area contributed by atoms with Gasteiger partial charge in [-0.05, 0) is 24.5 Å². The summed E-state index contributed by atoms with van der Waals surface area (Å²) in [5.74, 6) is 0.408. The van der Waals surface area contributed by atoms with E-state index in [1.165, 1.54) is 29.9 Å². The van der Waals surface area contributed by atoms with Crippen LogP contribution >= 0.6 is 0 Å². The zero-order valence-corrected chi connectivity index (χ0v) is 13.9. The normalized spacial score (nSPS) is 11.1. The minimum absolute atomic E-state index is 0.0912. The molecule has 2 heterocycles. The number of aromatic nitrogens is 2. The number of pyridine rings is 1. The molecule has 1 N–H and O–H groups in total. The van der Waals surface area contributed by atoms with Crippen LogP contribution in [0.25, 0.3) is 5.65 Å². The smallest absolute Gasteiger partial charge is 0.270 e. The standard InChI is InChI=1S/C18H25N3O2/c1-14(2)9-5-3-4-7-11-19-17(22)15-13-20-16-10-6-8-12-21(16)18(15)23/h6,8,10,12-14H,3-5,7,9,11H2,1-2H3,(H,19,22). The van der Waals surface area contributed by atoms with Crippen LogP contribution in [0.3, 0.4) is 0 Å². The van der Waals surface area contributed by atoms with E-state index in [0.29, 0.717) is 12.2 Å². The lowest BCUT2D eigenvalue weighted by Gasteiger charge is -2.07. The summed E-state index contributed by atoms with van der Waals surface area (Å²) in [5.41, 5.74) is 0.303. The molecule has 2 rings (SSSR count). The van der Waals surface area contributed by atoms with Crippen LogP contribution in [0, 0.1) is 5.92 Å². The van der Waals surface area contributed by atoms with Gasteiger partial charge in [-0.3, -0.25) is 14.0 Å². The van der Waals surface area contributed by atoms with Crippen LogP contribution in [-0.2, 0) is 0 Å². The summed E-state index contributed by atoms with van der Waals surface area (Å²) in [6, 6.07) is 5.29. The molecule has 2 aromatic rings. The number of fused-ring (bicyclic) bond motifs is 1. The lowest BCUT2D eigenvalue weighted by atomic mass is 10.0. The Balaban J connectivity index is 1.82. The van der Waals surface area contributed by atoms with E-state index < -0.39 is 0 Å². The molecule has 5 heteroatoms. The number of hydrogen-bond donors (Lipinski definition) is 1. The molecule has 0 radical (unpaired) electrons. The van der Waals surface area contributed by atoms with E-state index >= 15 is 0 Å². The van der Waals surface area contributed by atoms with Gasteiger partial charge in [0.25, 0.3) is 11.5 Å². The predicted molar refractivity (Wildman–Crippen MR) is 91.7 cm³/mol. The third kappa shape index (κ3) is 4.91. The molecule has 5 nitrogen and oxygen atoms in total. The van der Waals surface area contributed by atoms with E-state index in [9.17, 15) is 9.59 Å². The van der Waals surface area contributed by atoms with E-state index in [1.54, 1.807) is 24.4 Å². The fourth-order valence-corrected chi connectivity index (χ4v) is 2.51. The third-order valence-corrected chi connectivity index (χ3v) is 3.85. The van der Waals surface area contributed by atoms with Crippen molar-refractivity contribution in [2.75, 3.05) is 6.54 Å². The largest absolute Gasteiger partial charge is 0.352 e. The summed E-state index contributed by atoms with van der Waals surface area (Å²) >= 11 is 0. The molecular weight excluding hydrogens is 290 g/mol. The lowest BCUT2D eigenvalue weighted by molar-refractivity contribution is 0.0951. The minimum Gasteiger partial charge on any atom is -0.352 e. The van der Waals surface area contributed by atoms with Gasteiger partial charge in [0, 0.05) is 18.9 Å². The monoisotopic (exact) mass is 315 g/mol. The quantitative estimate of drug-likeness (QED) is 0.762. The Labute approximate surface area is 136 Å². The van der Waals surface area contributed by atoms with Crippen LogP contribution in [0.15, 0.2) is 35.4 Å². The van der Waals surface area contributed by atoms with Crippen molar-refractivity contribution in [3.8, 4) is 0 Å². The number of carbonyl (C=O) groups excluding carboxylic acids is 1. The number of nitrogens with one attached hydrogen (secondary N) is 1. The summed E-state index contributed by atoms with van der Waals surface area (Å²) in [7, 11) is 0. The molecule has 0 saturated heterocycles. The highest BCUT2D eigenvalue weighted by Gasteiger charge is 2.12. The molecule has 0 fully saturated rings. The van der Waals surface area contributed by atoms with Gasteiger partial charge in [-0.25, -0.2) is 4.98 Å². The van der Waals surface area contributed by atoms with Gasteiger partial charge in [-0.15, -0.1) is 0 Å². The van der Waals surface area contributed by atoms with Crippen LogP contribution in [0.1, 0.15) is 56.3 Å². The molecule has 0 atom stereocenters. The SMILES string of the molecule is CC(C)CCCCCCNC(=O)c1cnc2ccccn2c1=O. The Morgan fingerprint density at radius 1 is 1.22 bits per heavy atom. The number of unbranched alkanes of at least 4 members (excludes halogenated alkanes) is 3. The molecular formula is C18H25N3O2. The summed E-state index contributed by atoms with van der Waals surface area (Å²) < 4.78 is 1.39. The number of hydrogen-bond acceptors (Lipinski definition) is 3. The van der Waals surface area contributed by atoms with E-state index in [-0.39, 0.29) is 17.0 Å². The number of carbonyl (C=O) groups is 1. The van der Waals surface area contributed by atoms with Crippen molar-refractivity contribution in [2.45, 2.75) is 46.0 Å². The average Bonchev–Trinajstić information content (AvgIpc) is 2.54. The first-order valence-corrected chi connectivity index (χ1v) is 8.34. The lowest BCUT2D eigenvalue weighted by Crippen LogP contribution is -2.32. The number of amides is 1. The highest BCUT2D eigenvalue weighted by molar-refractivity contribution is 5.93. The number of rotatable bonds is 8. The first-order valence-electron chi connectivity index (χ1n) is 8.34. The maximum absolute atomic E-state index is 12.3. The zero-order chi connectivity index (χ0) is 16.7. The van der Waals surface area contributed by atoms with Crippen LogP contribution < -0.4 is 10.9 Å². The molecule has 0 spiro atoms. The van der Waals surface area contributed by atoms with Gasteiger partial charge in [-0.1, -0.05) is 45.6 Å². The summed E-state index contributed by atoms with van der Waals surface area (Å²) in [6.07, 6.45) is 8.70. The molecule has 124 valence electrons. The van der Waals surface area contributed by atoms with Gasteiger partial charge in [0.15, 0.2) is 0 Å². The van der Waals surface area contributed by atoms with Gasteiger partial charge >= 0.3 is 0 Å². The van der Waals surface area contributed by atoms with Crippen LogP contribution in [0.2, 0.25) is 0 Å². The minimum atomic E-state index is -0.345. The molecule has 2 aromatic heterocycles. The second-order valence-corrected chi connectivity index (χ2v) is 6.26. The van der Waals surface area contributed by atoms with Crippen molar-refractivity contribution in [1.29, 1.82) is 0 Å². The van der Waals surface area contributed by atoms with Gasteiger partial charge in [-0.2, -0.15) is 0 Å². The topological polar surface area (TPSA) is 63.5 Å². The maximum atomic E-state index is 12.3. The van der Waals surface area contributed by atoms with Gasteiger partial charge in [0.2, 0.25) is 0 Å². The first kappa shape index (κ1) is 17.2. The summed E-state index contributed by atoms with van der Waals surface area (Å²) in [4.78, 5) is 28.5. The zero-order valence-electron chi connectivity index (χ0n) is 13.9. The summed E-state index contributed by atoms with van der Waals surface area (Å²) in [6.45, 7) is 5.06. The van der Waals surface area contributed by atoms with Crippen molar-refractivity contribution in [2.24, 2.45) is 5.92 Å². The Bertz CT molecular complexity index is 707. The number of nitrogens with zero attached hydrogens (tertiary/aromatic N) is 2. The molecule has 0 aliphatic carbocycles. The van der Waals surface area contributed by atoms with Crippen molar-refractivity contribution < 1.29 is 4.79 Å². The fourth-order valence-electron chi connectivity index (χ4n) is 2.51. The Morgan fingerprint density at radius 2 is 2.00 bits per heavy atom. The van der Waals surface area contributed by atoms with E-state index in [2.05, 4.69) is 24.1 Å².